The Morgan fingerprint density at radius 1 is 1.42 bits per heavy atom. The summed E-state index contributed by atoms with van der Waals surface area (Å²) in [6.45, 7) is 5.76. The van der Waals surface area contributed by atoms with Crippen LogP contribution in [0.15, 0.2) is 12.7 Å². The topological polar surface area (TPSA) is 100 Å². The van der Waals surface area contributed by atoms with Gasteiger partial charge in [-0.15, -0.1) is 0 Å². The molecule has 0 spiro atoms. The molecule has 2 aromatic rings. The maximum atomic E-state index is 6.02. The fourth-order valence-electron chi connectivity index (χ4n) is 2.80. The van der Waals surface area contributed by atoms with Crippen molar-refractivity contribution in [1.29, 1.82) is 0 Å². The second kappa shape index (κ2) is 8.11. The molecule has 2 aromatic heterocycles. The predicted octanol–water partition coefficient (Wildman–Crippen LogP) is 2.50. The minimum Gasteiger partial charge on any atom is -0.368 e. The first-order valence-corrected chi connectivity index (χ1v) is 9.04. The molecule has 1 aliphatic heterocycles. The van der Waals surface area contributed by atoms with Gasteiger partial charge < -0.3 is 10.1 Å². The van der Waals surface area contributed by atoms with E-state index < -0.39 is 0 Å². The molecular formula is C15H24N6O2S. The van der Waals surface area contributed by atoms with E-state index in [2.05, 4.69) is 34.1 Å². The molecule has 1 saturated heterocycles. The molecule has 24 heavy (non-hydrogen) atoms. The lowest BCUT2D eigenvalue weighted by Gasteiger charge is -2.15. The fraction of sp³-hybridized carbons (Fsp3) is 0.667. The number of nitrogens with one attached hydrogen (secondary N) is 1. The quantitative estimate of drug-likeness (QED) is 0.552. The standard InChI is InChI=1S/C15H24N6O2S/c1-10(2)5-6-17-14-13-15(19-8-18-14)21(9-20-13)12-4-3-11(23-12)7-22-24-16/h8-12H,3-7,16H2,1-2H3,(H,17,18,19). The van der Waals surface area contributed by atoms with E-state index in [1.54, 1.807) is 12.7 Å². The normalized spacial score (nSPS) is 21.0. The molecule has 0 saturated carbocycles. The number of anilines is 1. The highest BCUT2D eigenvalue weighted by Crippen LogP contribution is 2.31. The van der Waals surface area contributed by atoms with Crippen molar-refractivity contribution in [3.63, 3.8) is 0 Å². The third-order valence-electron chi connectivity index (χ3n) is 4.09. The number of aromatic nitrogens is 4. The first kappa shape index (κ1) is 17.4. The average Bonchev–Trinajstić information content (AvgIpc) is 3.19. The molecule has 8 nitrogen and oxygen atoms in total. The van der Waals surface area contributed by atoms with E-state index in [1.165, 1.54) is 0 Å². The summed E-state index contributed by atoms with van der Waals surface area (Å²) in [6.07, 6.45) is 6.22. The highest BCUT2D eigenvalue weighted by Gasteiger charge is 2.28. The van der Waals surface area contributed by atoms with Crippen molar-refractivity contribution in [1.82, 2.24) is 19.5 Å². The Balaban J connectivity index is 1.72. The van der Waals surface area contributed by atoms with Gasteiger partial charge in [0.2, 0.25) is 0 Å². The van der Waals surface area contributed by atoms with Crippen molar-refractivity contribution in [3.05, 3.63) is 12.7 Å². The molecule has 2 unspecified atom stereocenters. The summed E-state index contributed by atoms with van der Waals surface area (Å²) < 4.78 is 13.2. The van der Waals surface area contributed by atoms with Gasteiger partial charge in [0.05, 0.1) is 31.3 Å². The molecule has 0 aliphatic carbocycles. The zero-order valence-electron chi connectivity index (χ0n) is 14.0. The monoisotopic (exact) mass is 352 g/mol. The number of nitrogens with two attached hydrogens (primary N) is 1. The number of ether oxygens (including phenoxy) is 1. The van der Waals surface area contributed by atoms with Crippen LogP contribution in [0.25, 0.3) is 11.2 Å². The molecule has 1 fully saturated rings. The number of fused-ring (bicyclic) bond motifs is 1. The Hall–Kier alpha value is -1.42. The molecule has 3 rings (SSSR count). The largest absolute Gasteiger partial charge is 0.368 e. The van der Waals surface area contributed by atoms with Gasteiger partial charge in [-0.3, -0.25) is 13.9 Å². The molecule has 3 heterocycles. The van der Waals surface area contributed by atoms with E-state index in [9.17, 15) is 0 Å². The lowest BCUT2D eigenvalue weighted by Crippen LogP contribution is -2.15. The number of nitrogens with zero attached hydrogens (tertiary/aromatic N) is 4. The highest BCUT2D eigenvalue weighted by molar-refractivity contribution is 7.92. The lowest BCUT2D eigenvalue weighted by atomic mass is 10.1. The smallest absolute Gasteiger partial charge is 0.167 e. The number of hydrogen-bond donors (Lipinski definition) is 2. The molecular weight excluding hydrogens is 328 g/mol. The molecule has 0 radical (unpaired) electrons. The van der Waals surface area contributed by atoms with E-state index in [-0.39, 0.29) is 12.3 Å². The SMILES string of the molecule is CC(C)CCNc1ncnc2c1ncn2C1CCC(COSN)O1. The van der Waals surface area contributed by atoms with E-state index in [1.807, 2.05) is 4.57 Å². The second-order valence-electron chi connectivity index (χ2n) is 6.33. The minimum absolute atomic E-state index is 0.0500. The Bertz CT molecular complexity index is 664. The minimum atomic E-state index is -0.0789. The number of hydrogen-bond acceptors (Lipinski definition) is 8. The highest BCUT2D eigenvalue weighted by atomic mass is 32.2. The van der Waals surface area contributed by atoms with Crippen molar-refractivity contribution < 1.29 is 8.92 Å². The summed E-state index contributed by atoms with van der Waals surface area (Å²) in [7, 11) is 0. The second-order valence-corrected chi connectivity index (χ2v) is 6.75. The van der Waals surface area contributed by atoms with E-state index in [0.29, 0.717) is 12.5 Å². The van der Waals surface area contributed by atoms with Crippen LogP contribution >= 0.6 is 12.2 Å². The van der Waals surface area contributed by atoms with Gasteiger partial charge in [-0.2, -0.15) is 0 Å². The van der Waals surface area contributed by atoms with Gasteiger partial charge in [0.15, 0.2) is 17.0 Å². The van der Waals surface area contributed by atoms with Gasteiger partial charge >= 0.3 is 0 Å². The summed E-state index contributed by atoms with van der Waals surface area (Å²) in [5.41, 5.74) is 1.57. The molecule has 3 N–H and O–H groups in total. The van der Waals surface area contributed by atoms with E-state index >= 15 is 0 Å². The van der Waals surface area contributed by atoms with Crippen LogP contribution in [-0.2, 0) is 8.92 Å². The van der Waals surface area contributed by atoms with Crippen LogP contribution in [0.5, 0.6) is 0 Å². The predicted molar refractivity (Wildman–Crippen MR) is 94.1 cm³/mol. The van der Waals surface area contributed by atoms with Crippen LogP contribution in [0.4, 0.5) is 5.82 Å². The third-order valence-corrected chi connectivity index (χ3v) is 4.36. The van der Waals surface area contributed by atoms with Crippen LogP contribution in [0, 0.1) is 5.92 Å². The van der Waals surface area contributed by atoms with Crippen molar-refractivity contribution in [2.45, 2.75) is 45.4 Å². The van der Waals surface area contributed by atoms with E-state index in [0.717, 1.165) is 55.0 Å². The molecule has 132 valence electrons. The van der Waals surface area contributed by atoms with Crippen molar-refractivity contribution in [2.24, 2.45) is 11.1 Å². The molecule has 0 bridgehead atoms. The van der Waals surface area contributed by atoms with Crippen molar-refractivity contribution >= 4 is 29.2 Å². The average molecular weight is 352 g/mol. The number of rotatable bonds is 8. The zero-order chi connectivity index (χ0) is 16.9. The number of imidazole rings is 1. The van der Waals surface area contributed by atoms with Gasteiger partial charge in [0.25, 0.3) is 0 Å². The summed E-state index contributed by atoms with van der Waals surface area (Å²) in [6, 6.07) is 0. The molecule has 2 atom stereocenters. The summed E-state index contributed by atoms with van der Waals surface area (Å²) in [5.74, 6) is 1.42. The van der Waals surface area contributed by atoms with Crippen LogP contribution in [0.1, 0.15) is 39.3 Å². The fourth-order valence-corrected chi connectivity index (χ4v) is 3.03. The molecule has 0 aromatic carbocycles. The lowest BCUT2D eigenvalue weighted by molar-refractivity contribution is -0.0128. The first-order chi connectivity index (χ1) is 11.7. The van der Waals surface area contributed by atoms with Crippen LogP contribution in [0.3, 0.4) is 0 Å². The summed E-state index contributed by atoms with van der Waals surface area (Å²) in [4.78, 5) is 13.2. The maximum absolute atomic E-state index is 6.02. The van der Waals surface area contributed by atoms with Crippen LogP contribution < -0.4 is 10.5 Å². The summed E-state index contributed by atoms with van der Waals surface area (Å²) in [5, 5.41) is 8.64. The van der Waals surface area contributed by atoms with Gasteiger partial charge in [0, 0.05) is 6.54 Å². The zero-order valence-corrected chi connectivity index (χ0v) is 14.8. The molecule has 9 heteroatoms. The Labute approximate surface area is 145 Å². The van der Waals surface area contributed by atoms with Crippen LogP contribution in [-0.4, -0.2) is 38.8 Å². The summed E-state index contributed by atoms with van der Waals surface area (Å²) >= 11 is 0.873. The Morgan fingerprint density at radius 2 is 2.29 bits per heavy atom. The third kappa shape index (κ3) is 3.97. The Kier molecular flexibility index (Phi) is 5.88. The van der Waals surface area contributed by atoms with E-state index in [4.69, 9.17) is 14.1 Å². The van der Waals surface area contributed by atoms with Crippen LogP contribution in [0.2, 0.25) is 0 Å². The van der Waals surface area contributed by atoms with Gasteiger partial charge in [0.1, 0.15) is 12.6 Å². The van der Waals surface area contributed by atoms with Crippen molar-refractivity contribution in [3.8, 4) is 0 Å². The molecule has 1 aliphatic rings. The first-order valence-electron chi connectivity index (χ1n) is 8.24. The molecule has 0 amide bonds. The van der Waals surface area contributed by atoms with Gasteiger partial charge in [-0.1, -0.05) is 13.8 Å². The Morgan fingerprint density at radius 3 is 3.08 bits per heavy atom. The van der Waals surface area contributed by atoms with Crippen molar-refractivity contribution in [2.75, 3.05) is 18.5 Å². The maximum Gasteiger partial charge on any atom is 0.167 e. The van der Waals surface area contributed by atoms with Gasteiger partial charge in [-0.05, 0) is 25.2 Å². The van der Waals surface area contributed by atoms with Gasteiger partial charge in [-0.25, -0.2) is 15.0 Å².